The van der Waals surface area contributed by atoms with Crippen LogP contribution < -0.4 is 16.6 Å². The minimum atomic E-state index is 0.491. The van der Waals surface area contributed by atoms with E-state index in [9.17, 15) is 0 Å². The Morgan fingerprint density at radius 1 is 1.50 bits per heavy atom. The summed E-state index contributed by atoms with van der Waals surface area (Å²) in [4.78, 5) is 8.06. The molecule has 0 aromatic carbocycles. The summed E-state index contributed by atoms with van der Waals surface area (Å²) in [6.07, 6.45) is 1.65. The summed E-state index contributed by atoms with van der Waals surface area (Å²) in [5.41, 5.74) is 3.35. The van der Waals surface area contributed by atoms with Crippen molar-refractivity contribution in [1.29, 1.82) is 0 Å². The monoisotopic (exact) mass is 220 g/mol. The standard InChI is InChI=1S/C9H12N6O/c1-6-13-9(15-16-6)5-12-7-2-3-11-8(4-7)14-10/h2-4H,5,10H2,1H3,(H2,11,12,14). The number of rotatable bonds is 4. The topological polar surface area (TPSA) is 102 Å². The maximum atomic E-state index is 5.25. The summed E-state index contributed by atoms with van der Waals surface area (Å²) in [6, 6.07) is 3.61. The summed E-state index contributed by atoms with van der Waals surface area (Å²) in [5, 5.41) is 6.90. The largest absolute Gasteiger partial charge is 0.377 e. The fraction of sp³-hybridized carbons (Fsp3) is 0.222. The highest BCUT2D eigenvalue weighted by atomic mass is 16.5. The summed E-state index contributed by atoms with van der Waals surface area (Å²) in [7, 11) is 0. The van der Waals surface area contributed by atoms with Crippen LogP contribution in [0.4, 0.5) is 11.5 Å². The molecule has 0 bridgehead atoms. The normalized spacial score (nSPS) is 10.1. The van der Waals surface area contributed by atoms with Gasteiger partial charge in [-0.25, -0.2) is 10.8 Å². The summed E-state index contributed by atoms with van der Waals surface area (Å²) in [5.74, 6) is 7.00. The second kappa shape index (κ2) is 4.58. The molecule has 2 heterocycles. The molecule has 84 valence electrons. The third kappa shape index (κ3) is 2.45. The van der Waals surface area contributed by atoms with E-state index in [-0.39, 0.29) is 0 Å². The minimum absolute atomic E-state index is 0.491. The Hall–Kier alpha value is -2.15. The SMILES string of the molecule is Cc1nc(CNc2ccnc(NN)c2)no1. The van der Waals surface area contributed by atoms with Crippen molar-refractivity contribution < 1.29 is 4.52 Å². The molecule has 2 aromatic heterocycles. The molecule has 0 amide bonds. The van der Waals surface area contributed by atoms with Crippen LogP contribution in [0, 0.1) is 6.92 Å². The zero-order valence-electron chi connectivity index (χ0n) is 8.77. The molecule has 0 aliphatic rings. The van der Waals surface area contributed by atoms with Gasteiger partial charge in [0.2, 0.25) is 5.89 Å². The third-order valence-electron chi connectivity index (χ3n) is 1.93. The van der Waals surface area contributed by atoms with E-state index in [4.69, 9.17) is 10.4 Å². The predicted molar refractivity (Wildman–Crippen MR) is 58.4 cm³/mol. The number of nitrogens with two attached hydrogens (primary N) is 1. The Morgan fingerprint density at radius 2 is 2.38 bits per heavy atom. The first-order chi connectivity index (χ1) is 7.78. The molecular weight excluding hydrogens is 208 g/mol. The first-order valence-electron chi connectivity index (χ1n) is 4.73. The van der Waals surface area contributed by atoms with E-state index < -0.39 is 0 Å². The molecule has 2 rings (SSSR count). The van der Waals surface area contributed by atoms with Crippen LogP contribution in [0.15, 0.2) is 22.9 Å². The van der Waals surface area contributed by atoms with Crippen molar-refractivity contribution in [2.45, 2.75) is 13.5 Å². The van der Waals surface area contributed by atoms with Crippen molar-refractivity contribution in [3.05, 3.63) is 30.0 Å². The van der Waals surface area contributed by atoms with Crippen LogP contribution >= 0.6 is 0 Å². The van der Waals surface area contributed by atoms with Crippen molar-refractivity contribution in [3.63, 3.8) is 0 Å². The number of aromatic nitrogens is 3. The smallest absolute Gasteiger partial charge is 0.223 e. The predicted octanol–water partition coefficient (Wildman–Crippen LogP) is 0.671. The van der Waals surface area contributed by atoms with E-state index in [2.05, 4.69) is 25.9 Å². The number of hydrazine groups is 1. The average molecular weight is 220 g/mol. The van der Waals surface area contributed by atoms with E-state index in [1.165, 1.54) is 0 Å². The van der Waals surface area contributed by atoms with Crippen LogP contribution in [0.3, 0.4) is 0 Å². The number of pyridine rings is 1. The Bertz CT molecular complexity index is 469. The molecular formula is C9H12N6O. The number of nitrogens with one attached hydrogen (secondary N) is 2. The molecule has 0 radical (unpaired) electrons. The number of nitrogens with zero attached hydrogens (tertiary/aromatic N) is 3. The fourth-order valence-corrected chi connectivity index (χ4v) is 1.21. The fourth-order valence-electron chi connectivity index (χ4n) is 1.21. The van der Waals surface area contributed by atoms with Gasteiger partial charge in [0.05, 0.1) is 6.54 Å². The van der Waals surface area contributed by atoms with Crippen molar-refractivity contribution >= 4 is 11.5 Å². The Balaban J connectivity index is 1.99. The van der Waals surface area contributed by atoms with Gasteiger partial charge >= 0.3 is 0 Å². The molecule has 16 heavy (non-hydrogen) atoms. The molecule has 7 heteroatoms. The third-order valence-corrected chi connectivity index (χ3v) is 1.93. The van der Waals surface area contributed by atoms with E-state index in [1.807, 2.05) is 6.07 Å². The van der Waals surface area contributed by atoms with Gasteiger partial charge in [-0.15, -0.1) is 0 Å². The highest BCUT2D eigenvalue weighted by Gasteiger charge is 2.01. The molecule has 0 fully saturated rings. The number of hydrogen-bond donors (Lipinski definition) is 3. The van der Waals surface area contributed by atoms with Gasteiger partial charge in [-0.2, -0.15) is 4.98 Å². The molecule has 0 unspecified atom stereocenters. The average Bonchev–Trinajstić information content (AvgIpc) is 2.73. The van der Waals surface area contributed by atoms with Crippen LogP contribution in [0.2, 0.25) is 0 Å². The van der Waals surface area contributed by atoms with Gasteiger partial charge < -0.3 is 15.3 Å². The maximum Gasteiger partial charge on any atom is 0.223 e. The van der Waals surface area contributed by atoms with E-state index >= 15 is 0 Å². The second-order valence-electron chi connectivity index (χ2n) is 3.16. The van der Waals surface area contributed by atoms with E-state index in [0.29, 0.717) is 24.1 Å². The van der Waals surface area contributed by atoms with Gasteiger partial charge in [0.25, 0.3) is 0 Å². The van der Waals surface area contributed by atoms with Crippen LogP contribution in [0.1, 0.15) is 11.7 Å². The van der Waals surface area contributed by atoms with Gasteiger partial charge in [-0.3, -0.25) is 0 Å². The highest BCUT2D eigenvalue weighted by Crippen LogP contribution is 2.11. The molecule has 7 nitrogen and oxygen atoms in total. The number of nitrogen functional groups attached to an aromatic ring is 1. The maximum absolute atomic E-state index is 5.25. The molecule has 0 aliphatic heterocycles. The van der Waals surface area contributed by atoms with Gasteiger partial charge in [0.15, 0.2) is 5.82 Å². The summed E-state index contributed by atoms with van der Waals surface area (Å²) >= 11 is 0. The molecule has 0 saturated carbocycles. The van der Waals surface area contributed by atoms with Crippen molar-refractivity contribution in [1.82, 2.24) is 15.1 Å². The molecule has 0 atom stereocenters. The Morgan fingerprint density at radius 3 is 3.06 bits per heavy atom. The van der Waals surface area contributed by atoms with Crippen molar-refractivity contribution in [2.75, 3.05) is 10.7 Å². The molecule has 4 N–H and O–H groups in total. The molecule has 0 saturated heterocycles. The Kier molecular flexibility index (Phi) is 2.97. The lowest BCUT2D eigenvalue weighted by Crippen LogP contribution is -2.09. The molecule has 2 aromatic rings. The molecule has 0 aliphatic carbocycles. The second-order valence-corrected chi connectivity index (χ2v) is 3.16. The molecule has 0 spiro atoms. The van der Waals surface area contributed by atoms with Gasteiger partial charge in [-0.1, -0.05) is 5.16 Å². The zero-order valence-corrected chi connectivity index (χ0v) is 8.77. The van der Waals surface area contributed by atoms with Crippen LogP contribution in [-0.4, -0.2) is 15.1 Å². The zero-order chi connectivity index (χ0) is 11.4. The lowest BCUT2D eigenvalue weighted by Gasteiger charge is -2.04. The first kappa shape index (κ1) is 10.4. The van der Waals surface area contributed by atoms with Crippen molar-refractivity contribution in [2.24, 2.45) is 5.84 Å². The minimum Gasteiger partial charge on any atom is -0.377 e. The van der Waals surface area contributed by atoms with Gasteiger partial charge in [0.1, 0.15) is 5.82 Å². The van der Waals surface area contributed by atoms with Gasteiger partial charge in [-0.05, 0) is 6.07 Å². The number of anilines is 2. The Labute approximate surface area is 92.0 Å². The van der Waals surface area contributed by atoms with Crippen LogP contribution in [0.5, 0.6) is 0 Å². The van der Waals surface area contributed by atoms with E-state index in [0.717, 1.165) is 5.69 Å². The van der Waals surface area contributed by atoms with E-state index in [1.54, 1.807) is 19.2 Å². The quantitative estimate of drug-likeness (QED) is 0.514. The van der Waals surface area contributed by atoms with Crippen LogP contribution in [0.25, 0.3) is 0 Å². The summed E-state index contributed by atoms with van der Waals surface area (Å²) in [6.45, 7) is 2.24. The van der Waals surface area contributed by atoms with Crippen molar-refractivity contribution in [3.8, 4) is 0 Å². The highest BCUT2D eigenvalue weighted by molar-refractivity contribution is 5.51. The lowest BCUT2D eigenvalue weighted by molar-refractivity contribution is 0.388. The summed E-state index contributed by atoms with van der Waals surface area (Å²) < 4.78 is 4.85. The lowest BCUT2D eigenvalue weighted by atomic mass is 10.4. The van der Waals surface area contributed by atoms with Crippen LogP contribution in [-0.2, 0) is 6.54 Å². The first-order valence-corrected chi connectivity index (χ1v) is 4.73. The number of hydrogen-bond acceptors (Lipinski definition) is 7. The number of aryl methyl sites for hydroxylation is 1. The van der Waals surface area contributed by atoms with Gasteiger partial charge in [0, 0.05) is 24.9 Å².